The summed E-state index contributed by atoms with van der Waals surface area (Å²) >= 11 is 0. The Bertz CT molecular complexity index is 678. The molecular formula is C23H53Si7. The molecule has 2 fully saturated rings. The smallest absolute Gasteiger partial charge is 0.0677 e. The van der Waals surface area contributed by atoms with Gasteiger partial charge in [0.15, 0.2) is 0 Å². The lowest BCUT2D eigenvalue weighted by atomic mass is 10.2. The van der Waals surface area contributed by atoms with E-state index in [1.54, 1.807) is 0 Å². The first-order chi connectivity index (χ1) is 12.8. The SMILES string of the molecule is CC(C)(C)[Si](C)([Si]1[Si]2[Si](/C=C/[Si](C)(C)C)[Si]21[Si](C)(C(C)(C)C)C(C)(C)C)C(C)(C)C. The van der Waals surface area contributed by atoms with Crippen molar-refractivity contribution in [2.75, 3.05) is 0 Å². The van der Waals surface area contributed by atoms with Crippen LogP contribution in [-0.4, -0.2) is 51.9 Å². The standard InChI is InChI=1S/C23H53Si7/c1-20(2,3)28(16,21(4,5)6)26-25-24(18-19-27(13,14)15)30(25,26)29(17,22(7,8)9)23(10,11)12/h18-19H,1-17H3/b19-18+. The molecule has 173 valence electrons. The van der Waals surface area contributed by atoms with Crippen LogP contribution in [0.1, 0.15) is 83.1 Å². The summed E-state index contributed by atoms with van der Waals surface area (Å²) in [5, 5.41) is 2.24. The van der Waals surface area contributed by atoms with Gasteiger partial charge < -0.3 is 0 Å². The average Bonchev–Trinajstić information content (AvgIpc) is 3.27. The molecule has 2 aliphatic heterocycles. The van der Waals surface area contributed by atoms with Gasteiger partial charge in [-0.15, -0.1) is 11.4 Å². The highest BCUT2D eigenvalue weighted by atomic mass is 30.9. The van der Waals surface area contributed by atoms with Gasteiger partial charge in [-0.1, -0.05) is 116 Å². The van der Waals surface area contributed by atoms with Gasteiger partial charge in [-0.2, -0.15) is 0 Å². The molecule has 0 aromatic heterocycles. The fraction of sp³-hybridized carbons (Fsp3) is 0.913. The van der Waals surface area contributed by atoms with Gasteiger partial charge in [0.05, 0.1) is 8.07 Å². The van der Waals surface area contributed by atoms with Gasteiger partial charge in [-0.3, -0.25) is 0 Å². The van der Waals surface area contributed by atoms with E-state index in [2.05, 4.69) is 127 Å². The molecular weight excluding hydrogens is 473 g/mol. The summed E-state index contributed by atoms with van der Waals surface area (Å²) in [4.78, 5) is 0. The lowest BCUT2D eigenvalue weighted by Crippen LogP contribution is -2.73. The molecule has 2 heterocycles. The van der Waals surface area contributed by atoms with E-state index in [1.807, 2.05) is 0 Å². The van der Waals surface area contributed by atoms with E-state index in [1.165, 1.54) is 0 Å². The van der Waals surface area contributed by atoms with Gasteiger partial charge in [0.2, 0.25) is 0 Å². The van der Waals surface area contributed by atoms with Crippen LogP contribution in [0.2, 0.25) is 52.9 Å². The molecule has 2 aliphatic rings. The van der Waals surface area contributed by atoms with Gasteiger partial charge in [0.1, 0.15) is 0 Å². The summed E-state index contributed by atoms with van der Waals surface area (Å²) in [5.74, 6) is 0. The molecule has 2 rings (SSSR count). The minimum absolute atomic E-state index is 0.0377. The number of fused-ring (bicyclic) bond motifs is 1. The van der Waals surface area contributed by atoms with Crippen LogP contribution in [0.4, 0.5) is 0 Å². The van der Waals surface area contributed by atoms with Crippen molar-refractivity contribution in [3.05, 3.63) is 11.4 Å². The van der Waals surface area contributed by atoms with E-state index in [-0.39, 0.29) is 22.5 Å². The highest BCUT2D eigenvalue weighted by Crippen LogP contribution is 2.73. The second kappa shape index (κ2) is 7.13. The second-order valence-electron chi connectivity index (χ2n) is 15.9. The molecule has 0 bridgehead atoms. The highest BCUT2D eigenvalue weighted by Gasteiger charge is 2.99. The van der Waals surface area contributed by atoms with E-state index < -0.39 is 29.4 Å². The summed E-state index contributed by atoms with van der Waals surface area (Å²) in [5.41, 5.74) is 5.78. The summed E-state index contributed by atoms with van der Waals surface area (Å²) < 4.78 is 0. The minimum Gasteiger partial charge on any atom is -0.111 e. The van der Waals surface area contributed by atoms with Gasteiger partial charge >= 0.3 is 0 Å². The van der Waals surface area contributed by atoms with Gasteiger partial charge in [-0.25, -0.2) is 0 Å². The fourth-order valence-corrected chi connectivity index (χ4v) is 307. The largest absolute Gasteiger partial charge is 0.111 e. The molecule has 0 aromatic carbocycles. The lowest BCUT2D eigenvalue weighted by molar-refractivity contribution is 0.634. The highest BCUT2D eigenvalue weighted by molar-refractivity contribution is 8.59. The van der Waals surface area contributed by atoms with Crippen molar-refractivity contribution < 1.29 is 0 Å². The van der Waals surface area contributed by atoms with Crippen LogP contribution in [0.25, 0.3) is 0 Å². The van der Waals surface area contributed by atoms with E-state index in [4.69, 9.17) is 0 Å². The molecule has 0 N–H and O–H groups in total. The molecule has 1 unspecified atom stereocenters. The number of hydrogen-bond donors (Lipinski definition) is 0. The molecule has 30 heavy (non-hydrogen) atoms. The third kappa shape index (κ3) is 3.63. The third-order valence-electron chi connectivity index (χ3n) is 9.55. The zero-order valence-electron chi connectivity index (χ0n) is 23.7. The number of rotatable bonds is 4. The van der Waals surface area contributed by atoms with Crippen molar-refractivity contribution in [1.29, 1.82) is 0 Å². The quantitative estimate of drug-likeness (QED) is 0.328. The fourth-order valence-electron chi connectivity index (χ4n) is 6.85. The first-order valence-corrected chi connectivity index (χ1v) is 34.3. The average molecular weight is 526 g/mol. The predicted molar refractivity (Wildman–Crippen MR) is 158 cm³/mol. The van der Waals surface area contributed by atoms with E-state index in [0.29, 0.717) is 20.2 Å². The molecule has 0 nitrogen and oxygen atoms in total. The third-order valence-corrected chi connectivity index (χ3v) is 157. The molecule has 2 saturated heterocycles. The monoisotopic (exact) mass is 525 g/mol. The molecule has 7 heteroatoms. The van der Waals surface area contributed by atoms with Crippen molar-refractivity contribution in [3.63, 3.8) is 0 Å². The first kappa shape index (κ1) is 27.5. The van der Waals surface area contributed by atoms with Crippen LogP contribution in [0, 0.1) is 0 Å². The topological polar surface area (TPSA) is 0 Å². The molecule has 0 aliphatic carbocycles. The first-order valence-electron chi connectivity index (χ1n) is 12.2. The Labute approximate surface area is 198 Å². The Morgan fingerprint density at radius 2 is 0.967 bits per heavy atom. The molecule has 3 radical (unpaired) electrons. The van der Waals surface area contributed by atoms with Crippen LogP contribution in [0.15, 0.2) is 11.4 Å². The zero-order valence-corrected chi connectivity index (χ0v) is 30.7. The molecule has 0 aromatic rings. The zero-order chi connectivity index (χ0) is 24.1. The number of hydrogen-bond acceptors (Lipinski definition) is 0. The summed E-state index contributed by atoms with van der Waals surface area (Å²) in [6, 6.07) is 0. The van der Waals surface area contributed by atoms with Crippen LogP contribution in [0.5, 0.6) is 0 Å². The van der Waals surface area contributed by atoms with Crippen LogP contribution in [-0.2, 0) is 0 Å². The molecule has 0 saturated carbocycles. The Morgan fingerprint density at radius 1 is 0.600 bits per heavy atom. The Kier molecular flexibility index (Phi) is 6.54. The van der Waals surface area contributed by atoms with Crippen molar-refractivity contribution in [1.82, 2.24) is 0 Å². The van der Waals surface area contributed by atoms with Gasteiger partial charge in [0, 0.05) is 43.9 Å². The predicted octanol–water partition coefficient (Wildman–Crippen LogP) is 7.83. The van der Waals surface area contributed by atoms with Crippen LogP contribution < -0.4 is 0 Å². The molecule has 0 amide bonds. The molecule has 1 atom stereocenters. The minimum atomic E-state index is -1.39. The van der Waals surface area contributed by atoms with Gasteiger partial charge in [0.25, 0.3) is 0 Å². The Hall–Kier alpha value is 1.26. The summed E-state index contributed by atoms with van der Waals surface area (Å²) in [6.07, 6.45) is -1.04. The van der Waals surface area contributed by atoms with E-state index >= 15 is 0 Å². The van der Waals surface area contributed by atoms with E-state index in [0.717, 1.165) is 0 Å². The van der Waals surface area contributed by atoms with Crippen molar-refractivity contribution in [2.24, 2.45) is 0 Å². The second-order valence-corrected chi connectivity index (χ2v) is 82.3. The summed E-state index contributed by atoms with van der Waals surface area (Å²) in [7, 11) is -3.94. The lowest BCUT2D eigenvalue weighted by Gasteiger charge is -2.58. The normalized spacial score (nSPS) is 25.8. The van der Waals surface area contributed by atoms with Crippen LogP contribution >= 0.6 is 0 Å². The Balaban J connectivity index is 2.73. The van der Waals surface area contributed by atoms with E-state index in [9.17, 15) is 0 Å². The maximum atomic E-state index is 2.98. The van der Waals surface area contributed by atoms with Crippen LogP contribution in [0.3, 0.4) is 0 Å². The maximum Gasteiger partial charge on any atom is 0.0677 e. The van der Waals surface area contributed by atoms with Crippen molar-refractivity contribution >= 4 is 51.9 Å². The maximum absolute atomic E-state index is 2.98. The molecule has 0 spiro atoms. The summed E-state index contributed by atoms with van der Waals surface area (Å²) in [6.45, 7) is 45.5. The Morgan fingerprint density at radius 3 is 1.23 bits per heavy atom. The van der Waals surface area contributed by atoms with Gasteiger partial charge in [-0.05, 0) is 20.2 Å². The van der Waals surface area contributed by atoms with Crippen molar-refractivity contribution in [3.8, 4) is 0 Å². The van der Waals surface area contributed by atoms with Crippen molar-refractivity contribution in [2.45, 2.75) is 136 Å².